The molecule has 4 heterocycles. The molecule has 6 fully saturated rings. The van der Waals surface area contributed by atoms with Crippen LogP contribution in [0, 0.1) is 17.8 Å². The van der Waals surface area contributed by atoms with Gasteiger partial charge in [-0.1, -0.05) is 104 Å². The molecule has 27 heteroatoms. The second-order valence-electron chi connectivity index (χ2n) is 28.9. The average Bonchev–Trinajstić information content (AvgIpc) is 1.75. The Hall–Kier alpha value is -6.57. The molecule has 0 radical (unpaired) electrons. The number of fused-ring (bicyclic) bond motifs is 2. The normalized spacial score (nSPS) is 28.4. The molecule has 1 aromatic carbocycles. The van der Waals surface area contributed by atoms with Crippen molar-refractivity contribution in [1.82, 2.24) is 60.0 Å². The SMILES string of the molecule is CC[C@H](C)[C@@H]1NC(=O)[C@H](CC)N(C)C(=O)C[C@@H](C(=O)N2CCCCC2)N(C)C(=O)[C@H](C(C)C)N(C)C(=O)C2(CCCC2)NC(=O)[C@@H]2CCCN2C(=O)[C@H](CCc2ccc(C(F)(F)F)c(Cl)c2)NC(=O)CN(C)C(=O)[C@H](CC2CCCCC2)N(C)C(=O)[C@@H]2CCN2C[C@H](C)N(C)C1=O. The second-order valence-corrected chi connectivity index (χ2v) is 29.3. The van der Waals surface area contributed by atoms with Gasteiger partial charge in [-0.25, -0.2) is 0 Å². The molecule has 11 amide bonds. The third-order valence-electron chi connectivity index (χ3n) is 21.9. The number of carbonyl (C=O) groups is 11. The van der Waals surface area contributed by atoms with Crippen molar-refractivity contribution in [2.45, 2.75) is 242 Å². The van der Waals surface area contributed by atoms with Gasteiger partial charge in [-0.2, -0.15) is 13.2 Å². The summed E-state index contributed by atoms with van der Waals surface area (Å²) in [5.74, 6) is -7.12. The summed E-state index contributed by atoms with van der Waals surface area (Å²) >= 11 is 6.16. The first-order chi connectivity index (χ1) is 45.8. The molecule has 0 unspecified atom stereocenters. The number of amides is 11. The predicted octanol–water partition coefficient (Wildman–Crippen LogP) is 5.87. The fourth-order valence-electron chi connectivity index (χ4n) is 15.4. The van der Waals surface area contributed by atoms with Crippen LogP contribution >= 0.6 is 11.6 Å². The van der Waals surface area contributed by atoms with Gasteiger partial charge < -0.3 is 55.1 Å². The molecule has 23 nitrogen and oxygen atoms in total. The molecular formula is C70H108ClF3N12O11. The van der Waals surface area contributed by atoms with Crippen LogP contribution in [0.15, 0.2) is 18.2 Å². The number of hydrogen-bond donors (Lipinski definition) is 3. The fourth-order valence-corrected chi connectivity index (χ4v) is 15.7. The number of halogens is 4. The molecule has 3 N–H and O–H groups in total. The predicted molar refractivity (Wildman–Crippen MR) is 360 cm³/mol. The summed E-state index contributed by atoms with van der Waals surface area (Å²) in [4.78, 5) is 177. The molecule has 542 valence electrons. The molecule has 2 saturated carbocycles. The number of carbonyl (C=O) groups excluding carboxylic acids is 11. The van der Waals surface area contributed by atoms with Gasteiger partial charge in [0.05, 0.1) is 29.6 Å². The highest BCUT2D eigenvalue weighted by Gasteiger charge is 2.51. The zero-order valence-electron chi connectivity index (χ0n) is 59.3. The Bertz CT molecular complexity index is 3010. The van der Waals surface area contributed by atoms with Crippen molar-refractivity contribution in [2.75, 3.05) is 81.6 Å². The lowest BCUT2D eigenvalue weighted by atomic mass is 9.84. The van der Waals surface area contributed by atoms with Crippen molar-refractivity contribution in [3.8, 4) is 0 Å². The summed E-state index contributed by atoms with van der Waals surface area (Å²) < 4.78 is 41.6. The molecule has 97 heavy (non-hydrogen) atoms. The molecule has 0 bridgehead atoms. The molecular weight excluding hydrogens is 1280 g/mol. The Morgan fingerprint density at radius 2 is 1.32 bits per heavy atom. The Morgan fingerprint density at radius 3 is 1.91 bits per heavy atom. The number of hydrogen-bond acceptors (Lipinski definition) is 12. The van der Waals surface area contributed by atoms with E-state index >= 15 is 14.4 Å². The van der Waals surface area contributed by atoms with Crippen molar-refractivity contribution >= 4 is 76.6 Å². The number of aryl methyl sites for hydroxylation is 1. The first kappa shape index (κ1) is 77.8. The highest BCUT2D eigenvalue weighted by molar-refractivity contribution is 6.31. The summed E-state index contributed by atoms with van der Waals surface area (Å²) in [6.45, 7) is 11.9. The smallest absolute Gasteiger partial charge is 0.343 e. The molecule has 7 rings (SSSR count). The molecule has 1 aromatic rings. The van der Waals surface area contributed by atoms with E-state index in [1.165, 1.54) is 63.7 Å². The van der Waals surface area contributed by atoms with Crippen LogP contribution in [0.5, 0.6) is 0 Å². The van der Waals surface area contributed by atoms with Crippen LogP contribution in [0.25, 0.3) is 0 Å². The van der Waals surface area contributed by atoms with Crippen molar-refractivity contribution in [3.63, 3.8) is 0 Å². The lowest BCUT2D eigenvalue weighted by Crippen LogP contribution is -2.65. The van der Waals surface area contributed by atoms with E-state index in [0.29, 0.717) is 76.6 Å². The van der Waals surface area contributed by atoms with Gasteiger partial charge in [0.25, 0.3) is 0 Å². The third kappa shape index (κ3) is 18.5. The quantitative estimate of drug-likeness (QED) is 0.249. The van der Waals surface area contributed by atoms with E-state index in [9.17, 15) is 51.5 Å². The third-order valence-corrected chi connectivity index (χ3v) is 22.2. The number of likely N-dealkylation sites (tertiary alicyclic amines) is 1. The Kier molecular flexibility index (Phi) is 27.3. The maximum Gasteiger partial charge on any atom is 0.417 e. The molecule has 4 saturated heterocycles. The van der Waals surface area contributed by atoms with E-state index in [4.69, 9.17) is 11.6 Å². The van der Waals surface area contributed by atoms with Gasteiger partial charge in [0, 0.05) is 81.1 Å². The van der Waals surface area contributed by atoms with Gasteiger partial charge in [-0.15, -0.1) is 0 Å². The molecule has 6 aliphatic rings. The number of rotatable bonds is 10. The Labute approximate surface area is 576 Å². The van der Waals surface area contributed by atoms with Crippen molar-refractivity contribution in [3.05, 3.63) is 34.3 Å². The van der Waals surface area contributed by atoms with Crippen LogP contribution in [-0.2, 0) is 65.3 Å². The molecule has 0 aromatic heterocycles. The lowest BCUT2D eigenvalue weighted by molar-refractivity contribution is -0.156. The van der Waals surface area contributed by atoms with Gasteiger partial charge in [-0.05, 0) is 119 Å². The summed E-state index contributed by atoms with van der Waals surface area (Å²) in [5, 5.41) is 8.26. The van der Waals surface area contributed by atoms with E-state index in [0.717, 1.165) is 50.7 Å². The second kappa shape index (κ2) is 34.0. The summed E-state index contributed by atoms with van der Waals surface area (Å²) in [7, 11) is 9.00. The van der Waals surface area contributed by atoms with Gasteiger partial charge >= 0.3 is 6.18 Å². The minimum absolute atomic E-state index is 0.0561. The Morgan fingerprint density at radius 1 is 0.670 bits per heavy atom. The highest BCUT2D eigenvalue weighted by atomic mass is 35.5. The standard InChI is InChI=1S/C70H108ClF3N12O11/c1-13-44(5)58-66(95)79(8)45(6)41-85-37-31-53(85)64(93)81(10)54(39-46-24-17-15-18-25-46)63(92)78(7)42-56(87)75-50(30-28-47-27-29-48(49(71)38-47)70(72,73)74)62(91)86-36-23-26-52(86)61(90)77-69(32-19-20-33-69)68(97)83(12)59(43(3)4)67(96)82(11)55(65(94)84-34-21-16-22-35-84)40-57(88)80(9)51(14-2)60(89)76-58/h27,29,38,43-46,50-55,58-59H,13-26,28,30-37,39-42H2,1-12H3,(H,75,87)(H,76,89)(H,77,90)/t44-,45-,50-,51-,52-,53-,54-,55-,58-,59-/m0/s1. The van der Waals surface area contributed by atoms with Crippen molar-refractivity contribution in [1.29, 1.82) is 0 Å². The number of alkyl halides is 3. The number of piperidine rings is 1. The number of benzene rings is 1. The summed E-state index contributed by atoms with van der Waals surface area (Å²) in [5.41, 5.74) is -2.30. The van der Waals surface area contributed by atoms with Gasteiger partial charge in [0.1, 0.15) is 47.8 Å². The van der Waals surface area contributed by atoms with E-state index < -0.39 is 155 Å². The minimum Gasteiger partial charge on any atom is -0.343 e. The van der Waals surface area contributed by atoms with E-state index in [-0.39, 0.29) is 69.4 Å². The van der Waals surface area contributed by atoms with Crippen molar-refractivity contribution in [2.24, 2.45) is 17.8 Å². The highest BCUT2D eigenvalue weighted by Crippen LogP contribution is 2.37. The number of nitrogens with zero attached hydrogens (tertiary/aromatic N) is 9. The number of nitrogens with one attached hydrogen (secondary N) is 3. The lowest BCUT2D eigenvalue weighted by Gasteiger charge is -2.45. The average molecular weight is 1390 g/mol. The van der Waals surface area contributed by atoms with Gasteiger partial charge in [-0.3, -0.25) is 57.6 Å². The summed E-state index contributed by atoms with van der Waals surface area (Å²) in [6.07, 6.45) is 4.71. The van der Waals surface area contributed by atoms with Gasteiger partial charge in [0.2, 0.25) is 65.0 Å². The molecule has 2 aliphatic carbocycles. The molecule has 10 atom stereocenters. The van der Waals surface area contributed by atoms with Crippen molar-refractivity contribution < 1.29 is 65.9 Å². The summed E-state index contributed by atoms with van der Waals surface area (Å²) in [6, 6.07) is -6.23. The number of likely N-dealkylation sites (N-methyl/N-ethyl adjacent to an activating group) is 6. The molecule has 4 aliphatic heterocycles. The van der Waals surface area contributed by atoms with E-state index in [1.54, 1.807) is 44.7 Å². The van der Waals surface area contributed by atoms with Crippen LogP contribution in [0.1, 0.15) is 181 Å². The van der Waals surface area contributed by atoms with E-state index in [2.05, 4.69) is 16.0 Å². The van der Waals surface area contributed by atoms with Crippen LogP contribution in [-0.4, -0.2) is 251 Å². The zero-order chi connectivity index (χ0) is 71.5. The largest absolute Gasteiger partial charge is 0.417 e. The zero-order valence-corrected chi connectivity index (χ0v) is 60.0. The monoisotopic (exact) mass is 1380 g/mol. The van der Waals surface area contributed by atoms with Gasteiger partial charge in [0.15, 0.2) is 0 Å². The molecule has 1 spiro atoms. The maximum absolute atomic E-state index is 15.4. The maximum atomic E-state index is 15.4. The fraction of sp³-hybridized carbons (Fsp3) is 0.757. The van der Waals surface area contributed by atoms with Crippen LogP contribution < -0.4 is 16.0 Å². The minimum atomic E-state index is -4.74. The Balaban J connectivity index is 1.26. The first-order valence-electron chi connectivity index (χ1n) is 35.5. The van der Waals surface area contributed by atoms with Crippen LogP contribution in [0.3, 0.4) is 0 Å². The van der Waals surface area contributed by atoms with Crippen LogP contribution in [0.2, 0.25) is 5.02 Å². The topological polar surface area (TPSA) is 253 Å². The van der Waals surface area contributed by atoms with Crippen LogP contribution in [0.4, 0.5) is 13.2 Å². The first-order valence-corrected chi connectivity index (χ1v) is 35.8. The van der Waals surface area contributed by atoms with E-state index in [1.807, 2.05) is 25.7 Å².